The van der Waals surface area contributed by atoms with Gasteiger partial charge in [-0.05, 0) is 42.9 Å². The number of urea groups is 1. The fraction of sp³-hybridized carbons (Fsp3) is 0.679. The highest BCUT2D eigenvalue weighted by Crippen LogP contribution is 2.41. The van der Waals surface area contributed by atoms with Crippen molar-refractivity contribution < 1.29 is 29.1 Å². The van der Waals surface area contributed by atoms with Gasteiger partial charge >= 0.3 is 12.0 Å². The predicted octanol–water partition coefficient (Wildman–Crippen LogP) is 2.82. The third kappa shape index (κ3) is 6.23. The SMILES string of the molecule is CCCON(CCC)C(=O)CN1C[C@H](c2ccc3c(c2)CCO3)C(C(=O)O)[C@@H]1CCN1CCCN(C)C1=O. The first-order valence-electron chi connectivity index (χ1n) is 14.0. The third-order valence-electron chi connectivity index (χ3n) is 7.88. The van der Waals surface area contributed by atoms with Crippen LogP contribution in [-0.4, -0.2) is 108 Å². The van der Waals surface area contributed by atoms with Crippen LogP contribution in [0.15, 0.2) is 18.2 Å². The molecule has 2 saturated heterocycles. The van der Waals surface area contributed by atoms with Gasteiger partial charge in [-0.3, -0.25) is 19.3 Å². The molecule has 1 aromatic rings. The van der Waals surface area contributed by atoms with Gasteiger partial charge in [0.25, 0.3) is 5.91 Å². The Bertz CT molecular complexity index is 1000. The van der Waals surface area contributed by atoms with Crippen LogP contribution in [0.1, 0.15) is 56.6 Å². The highest BCUT2D eigenvalue weighted by molar-refractivity contribution is 5.78. The second-order valence-electron chi connectivity index (χ2n) is 10.6. The number of carboxylic acid groups (broad SMARTS) is 1. The number of rotatable bonds is 12. The maximum atomic E-state index is 13.3. The molecule has 3 heterocycles. The zero-order chi connectivity index (χ0) is 27.2. The number of likely N-dealkylation sites (tertiary alicyclic amines) is 1. The molecule has 38 heavy (non-hydrogen) atoms. The second-order valence-corrected chi connectivity index (χ2v) is 10.6. The van der Waals surface area contributed by atoms with Gasteiger partial charge in [-0.2, -0.15) is 0 Å². The van der Waals surface area contributed by atoms with Crippen molar-refractivity contribution in [2.24, 2.45) is 5.92 Å². The first-order chi connectivity index (χ1) is 18.3. The maximum Gasteiger partial charge on any atom is 0.319 e. The molecule has 2 fully saturated rings. The molecule has 3 aliphatic heterocycles. The zero-order valence-corrected chi connectivity index (χ0v) is 22.9. The average Bonchev–Trinajstić information content (AvgIpc) is 3.51. The highest BCUT2D eigenvalue weighted by atomic mass is 16.7. The molecule has 0 aliphatic carbocycles. The van der Waals surface area contributed by atoms with Gasteiger partial charge in [0.05, 0.1) is 25.7 Å². The van der Waals surface area contributed by atoms with E-state index in [1.165, 1.54) is 5.06 Å². The summed E-state index contributed by atoms with van der Waals surface area (Å²) in [5.74, 6) is -1.14. The molecule has 0 radical (unpaired) electrons. The van der Waals surface area contributed by atoms with Gasteiger partial charge in [0, 0.05) is 58.2 Å². The van der Waals surface area contributed by atoms with Crippen LogP contribution in [0.5, 0.6) is 5.75 Å². The molecule has 3 aliphatic rings. The summed E-state index contributed by atoms with van der Waals surface area (Å²) in [7, 11) is 1.79. The molecule has 3 amide bonds. The van der Waals surface area contributed by atoms with Crippen LogP contribution in [0.4, 0.5) is 4.79 Å². The molecular formula is C28H42N4O6. The van der Waals surface area contributed by atoms with Crippen LogP contribution in [0, 0.1) is 5.92 Å². The Morgan fingerprint density at radius 3 is 2.76 bits per heavy atom. The minimum Gasteiger partial charge on any atom is -0.493 e. The summed E-state index contributed by atoms with van der Waals surface area (Å²) in [5.41, 5.74) is 2.06. The number of nitrogens with zero attached hydrogens (tertiary/aromatic N) is 4. The number of ether oxygens (including phenoxy) is 1. The number of hydrogen-bond donors (Lipinski definition) is 1. The zero-order valence-electron chi connectivity index (χ0n) is 22.9. The molecule has 1 aromatic carbocycles. The fourth-order valence-electron chi connectivity index (χ4n) is 5.97. The van der Waals surface area contributed by atoms with Crippen molar-refractivity contribution in [3.63, 3.8) is 0 Å². The van der Waals surface area contributed by atoms with E-state index in [1.54, 1.807) is 16.8 Å². The number of carboxylic acids is 1. The molecule has 0 spiro atoms. The highest BCUT2D eigenvalue weighted by Gasteiger charge is 2.47. The van der Waals surface area contributed by atoms with Gasteiger partial charge in [-0.1, -0.05) is 26.0 Å². The smallest absolute Gasteiger partial charge is 0.319 e. The topological polar surface area (TPSA) is 103 Å². The monoisotopic (exact) mass is 530 g/mol. The minimum absolute atomic E-state index is 0.0268. The lowest BCUT2D eigenvalue weighted by molar-refractivity contribution is -0.188. The molecule has 0 aromatic heterocycles. The standard InChI is InChI=1S/C28H42N4O6/c1-4-11-32(38-15-5-2)25(33)19-31-18-22(20-7-8-24-21(17-20)10-16-37-24)26(27(34)35)23(31)9-14-30-13-6-12-29(3)28(30)36/h7-8,17,22-23,26H,4-6,9-16,18-19H2,1-3H3,(H,34,35)/t22-,23+,26?/m1/s1. The van der Waals surface area contributed by atoms with Gasteiger partial charge in [0.15, 0.2) is 0 Å². The van der Waals surface area contributed by atoms with Gasteiger partial charge in [-0.15, -0.1) is 0 Å². The van der Waals surface area contributed by atoms with Crippen molar-refractivity contribution in [1.82, 2.24) is 19.8 Å². The lowest BCUT2D eigenvalue weighted by Crippen LogP contribution is -2.50. The number of hydrogen-bond acceptors (Lipinski definition) is 6. The number of carbonyl (C=O) groups excluding carboxylic acids is 2. The Morgan fingerprint density at radius 2 is 2.03 bits per heavy atom. The van der Waals surface area contributed by atoms with Crippen LogP contribution in [0.25, 0.3) is 0 Å². The van der Waals surface area contributed by atoms with E-state index in [4.69, 9.17) is 9.57 Å². The molecule has 3 atom stereocenters. The average molecular weight is 531 g/mol. The lowest BCUT2D eigenvalue weighted by atomic mass is 9.83. The second kappa shape index (κ2) is 12.8. The summed E-state index contributed by atoms with van der Waals surface area (Å²) in [4.78, 5) is 50.0. The number of amides is 3. The summed E-state index contributed by atoms with van der Waals surface area (Å²) in [6.45, 7) is 7.95. The van der Waals surface area contributed by atoms with E-state index in [0.29, 0.717) is 45.8 Å². The van der Waals surface area contributed by atoms with E-state index in [2.05, 4.69) is 6.07 Å². The number of aliphatic carboxylic acids is 1. The lowest BCUT2D eigenvalue weighted by Gasteiger charge is -2.35. The van der Waals surface area contributed by atoms with Crippen LogP contribution in [-0.2, 0) is 20.8 Å². The Hall–Kier alpha value is -2.85. The quantitative estimate of drug-likeness (QED) is 0.415. The van der Waals surface area contributed by atoms with Crippen LogP contribution >= 0.6 is 0 Å². The van der Waals surface area contributed by atoms with Crippen LogP contribution < -0.4 is 4.74 Å². The number of fused-ring (bicyclic) bond motifs is 1. The minimum atomic E-state index is -0.874. The van der Waals surface area contributed by atoms with E-state index in [9.17, 15) is 19.5 Å². The molecular weight excluding hydrogens is 488 g/mol. The van der Waals surface area contributed by atoms with Gasteiger partial charge in [0.1, 0.15) is 5.75 Å². The van der Waals surface area contributed by atoms with E-state index in [-0.39, 0.29) is 30.4 Å². The molecule has 4 rings (SSSR count). The van der Waals surface area contributed by atoms with E-state index < -0.39 is 11.9 Å². The molecule has 1 unspecified atom stereocenters. The van der Waals surface area contributed by atoms with Crippen LogP contribution in [0.3, 0.4) is 0 Å². The first kappa shape index (κ1) is 28.2. The van der Waals surface area contributed by atoms with Gasteiger partial charge < -0.3 is 19.6 Å². The maximum absolute atomic E-state index is 13.3. The van der Waals surface area contributed by atoms with E-state index in [1.807, 2.05) is 30.9 Å². The van der Waals surface area contributed by atoms with Crippen molar-refractivity contribution in [2.45, 2.75) is 57.9 Å². The summed E-state index contributed by atoms with van der Waals surface area (Å²) in [5, 5.41) is 11.9. The molecule has 210 valence electrons. The fourth-order valence-corrected chi connectivity index (χ4v) is 5.97. The van der Waals surface area contributed by atoms with Crippen molar-refractivity contribution in [3.05, 3.63) is 29.3 Å². The Morgan fingerprint density at radius 1 is 1.21 bits per heavy atom. The van der Waals surface area contributed by atoms with Crippen molar-refractivity contribution >= 4 is 17.9 Å². The van der Waals surface area contributed by atoms with Gasteiger partial charge in [0.2, 0.25) is 0 Å². The molecule has 10 heteroatoms. The van der Waals surface area contributed by atoms with Crippen LogP contribution in [0.2, 0.25) is 0 Å². The normalized spacial score (nSPS) is 23.4. The summed E-state index contributed by atoms with van der Waals surface area (Å²) in [6, 6.07) is 5.55. The van der Waals surface area contributed by atoms with E-state index in [0.717, 1.165) is 49.1 Å². The van der Waals surface area contributed by atoms with Gasteiger partial charge in [-0.25, -0.2) is 9.86 Å². The molecule has 1 N–H and O–H groups in total. The van der Waals surface area contributed by atoms with Crippen molar-refractivity contribution in [1.29, 1.82) is 0 Å². The molecule has 0 bridgehead atoms. The largest absolute Gasteiger partial charge is 0.493 e. The number of hydroxylamine groups is 2. The summed E-state index contributed by atoms with van der Waals surface area (Å²) < 4.78 is 5.66. The Balaban J connectivity index is 1.58. The molecule has 0 saturated carbocycles. The third-order valence-corrected chi connectivity index (χ3v) is 7.88. The first-order valence-corrected chi connectivity index (χ1v) is 14.0. The Labute approximate surface area is 225 Å². The van der Waals surface area contributed by atoms with Crippen molar-refractivity contribution in [3.8, 4) is 5.75 Å². The molecule has 10 nitrogen and oxygen atoms in total. The predicted molar refractivity (Wildman–Crippen MR) is 142 cm³/mol. The number of carbonyl (C=O) groups is 3. The van der Waals surface area contributed by atoms with Crippen molar-refractivity contribution in [2.75, 3.05) is 59.5 Å². The number of benzene rings is 1. The summed E-state index contributed by atoms with van der Waals surface area (Å²) >= 11 is 0. The Kier molecular flexibility index (Phi) is 9.49. The summed E-state index contributed by atoms with van der Waals surface area (Å²) in [6.07, 6.45) is 3.74. The van der Waals surface area contributed by atoms with E-state index >= 15 is 0 Å².